The lowest BCUT2D eigenvalue weighted by Crippen LogP contribution is -2.09. The first-order chi connectivity index (χ1) is 9.11. The van der Waals surface area contributed by atoms with Gasteiger partial charge in [-0.15, -0.1) is 0 Å². The molecule has 1 heterocycles. The lowest BCUT2D eigenvalue weighted by atomic mass is 10.1. The third-order valence-electron chi connectivity index (χ3n) is 2.40. The third kappa shape index (κ3) is 3.19. The van der Waals surface area contributed by atoms with Gasteiger partial charge in [-0.05, 0) is 30.5 Å². The fraction of sp³-hybridized carbons (Fsp3) is 0.154. The second kappa shape index (κ2) is 5.95. The summed E-state index contributed by atoms with van der Waals surface area (Å²) >= 11 is 7.69. The van der Waals surface area contributed by atoms with E-state index in [-0.39, 0.29) is 0 Å². The molecule has 2 aromatic rings. The predicted molar refractivity (Wildman–Crippen MR) is 79.4 cm³/mol. The van der Waals surface area contributed by atoms with Gasteiger partial charge < -0.3 is 15.8 Å². The number of rotatable bonds is 4. The van der Waals surface area contributed by atoms with Crippen molar-refractivity contribution >= 4 is 46.0 Å². The minimum Gasteiger partial charge on any atom is -0.462 e. The highest BCUT2D eigenvalue weighted by molar-refractivity contribution is 7.08. The molecule has 0 saturated heterocycles. The van der Waals surface area contributed by atoms with Crippen molar-refractivity contribution < 1.29 is 9.53 Å². The Bertz CT molecular complexity index is 585. The van der Waals surface area contributed by atoms with Crippen LogP contribution in [0.1, 0.15) is 17.3 Å². The van der Waals surface area contributed by atoms with Crippen LogP contribution in [-0.2, 0) is 4.74 Å². The second-order valence-corrected chi connectivity index (χ2v) is 4.97. The average molecular weight is 297 g/mol. The first kappa shape index (κ1) is 13.7. The number of nitrogen functional groups attached to an aromatic ring is 1. The number of esters is 1. The molecule has 0 saturated carbocycles. The summed E-state index contributed by atoms with van der Waals surface area (Å²) < 4.78 is 5.01. The second-order valence-electron chi connectivity index (χ2n) is 3.78. The Labute approximate surface area is 120 Å². The van der Waals surface area contributed by atoms with Crippen LogP contribution in [0.2, 0.25) is 5.02 Å². The van der Waals surface area contributed by atoms with E-state index < -0.39 is 5.97 Å². The van der Waals surface area contributed by atoms with Crippen LogP contribution in [0, 0.1) is 0 Å². The van der Waals surface area contributed by atoms with Crippen molar-refractivity contribution in [3.63, 3.8) is 0 Å². The van der Waals surface area contributed by atoms with Crippen molar-refractivity contribution in [2.75, 3.05) is 17.7 Å². The summed E-state index contributed by atoms with van der Waals surface area (Å²) in [4.78, 5) is 11.9. The van der Waals surface area contributed by atoms with E-state index in [0.29, 0.717) is 28.6 Å². The number of carbonyl (C=O) groups is 1. The van der Waals surface area contributed by atoms with Crippen LogP contribution in [-0.4, -0.2) is 12.6 Å². The van der Waals surface area contributed by atoms with Crippen molar-refractivity contribution in [1.29, 1.82) is 0 Å². The van der Waals surface area contributed by atoms with Crippen LogP contribution in [0.4, 0.5) is 17.1 Å². The van der Waals surface area contributed by atoms with Gasteiger partial charge >= 0.3 is 5.97 Å². The van der Waals surface area contributed by atoms with Gasteiger partial charge in [0.2, 0.25) is 0 Å². The number of thiophene rings is 1. The molecule has 0 aliphatic heterocycles. The molecule has 19 heavy (non-hydrogen) atoms. The van der Waals surface area contributed by atoms with Crippen molar-refractivity contribution in [2.24, 2.45) is 0 Å². The monoisotopic (exact) mass is 296 g/mol. The molecule has 0 radical (unpaired) electrons. The Morgan fingerprint density at radius 1 is 1.53 bits per heavy atom. The van der Waals surface area contributed by atoms with Crippen LogP contribution in [0.3, 0.4) is 0 Å². The molecule has 2 rings (SSSR count). The van der Waals surface area contributed by atoms with E-state index in [1.54, 1.807) is 30.4 Å². The van der Waals surface area contributed by atoms with E-state index in [9.17, 15) is 4.79 Å². The first-order valence-corrected chi connectivity index (χ1v) is 6.99. The van der Waals surface area contributed by atoms with Gasteiger partial charge in [0.15, 0.2) is 0 Å². The Kier molecular flexibility index (Phi) is 4.29. The number of benzene rings is 1. The highest BCUT2D eigenvalue weighted by Crippen LogP contribution is 2.32. The summed E-state index contributed by atoms with van der Waals surface area (Å²) in [5, 5.41) is 7.34. The maximum Gasteiger partial charge on any atom is 0.340 e. The van der Waals surface area contributed by atoms with Gasteiger partial charge in [0, 0.05) is 16.8 Å². The number of nitrogens with two attached hydrogens (primary N) is 1. The highest BCUT2D eigenvalue weighted by Gasteiger charge is 2.17. The largest absolute Gasteiger partial charge is 0.462 e. The molecular formula is C13H13ClN2O2S. The summed E-state index contributed by atoms with van der Waals surface area (Å²) in [6.07, 6.45) is 0. The standard InChI is InChI=1S/C13H13ClN2O2S/c1-2-18-13(17)10-5-8(15)6-11(14)12(10)16-9-3-4-19-7-9/h3-7,16H,2,15H2,1H3. The number of nitrogens with one attached hydrogen (secondary N) is 1. The molecule has 100 valence electrons. The number of hydrogen-bond donors (Lipinski definition) is 2. The maximum atomic E-state index is 11.9. The quantitative estimate of drug-likeness (QED) is 0.663. The van der Waals surface area contributed by atoms with Gasteiger partial charge in [0.25, 0.3) is 0 Å². The zero-order valence-corrected chi connectivity index (χ0v) is 11.8. The number of anilines is 3. The SMILES string of the molecule is CCOC(=O)c1cc(N)cc(Cl)c1Nc1ccsc1. The van der Waals surface area contributed by atoms with Gasteiger partial charge in [-0.2, -0.15) is 11.3 Å². The van der Waals surface area contributed by atoms with Gasteiger partial charge in [0.1, 0.15) is 0 Å². The first-order valence-electron chi connectivity index (χ1n) is 5.67. The molecule has 0 unspecified atom stereocenters. The lowest BCUT2D eigenvalue weighted by molar-refractivity contribution is 0.0527. The Balaban J connectivity index is 2.42. The van der Waals surface area contributed by atoms with Crippen LogP contribution in [0.15, 0.2) is 29.0 Å². The number of hydrogen-bond acceptors (Lipinski definition) is 5. The van der Waals surface area contributed by atoms with E-state index in [0.717, 1.165) is 5.69 Å². The molecule has 0 bridgehead atoms. The molecule has 0 fully saturated rings. The zero-order valence-electron chi connectivity index (χ0n) is 10.3. The molecular weight excluding hydrogens is 284 g/mol. The summed E-state index contributed by atoms with van der Waals surface area (Å²) in [6.45, 7) is 2.04. The fourth-order valence-corrected chi connectivity index (χ4v) is 2.47. The maximum absolute atomic E-state index is 11.9. The lowest BCUT2D eigenvalue weighted by Gasteiger charge is -2.13. The van der Waals surface area contributed by atoms with Gasteiger partial charge in [-0.1, -0.05) is 11.6 Å². The number of halogens is 1. The highest BCUT2D eigenvalue weighted by atomic mass is 35.5. The van der Waals surface area contributed by atoms with Gasteiger partial charge in [-0.25, -0.2) is 4.79 Å². The van der Waals surface area contributed by atoms with Crippen molar-refractivity contribution in [3.05, 3.63) is 39.5 Å². The van der Waals surface area contributed by atoms with Crippen LogP contribution >= 0.6 is 22.9 Å². The normalized spacial score (nSPS) is 10.2. The summed E-state index contributed by atoms with van der Waals surface area (Å²) in [5.74, 6) is -0.450. The van der Waals surface area contributed by atoms with E-state index in [1.807, 2.05) is 16.8 Å². The average Bonchev–Trinajstić information content (AvgIpc) is 2.85. The molecule has 0 spiro atoms. The molecule has 0 atom stereocenters. The Morgan fingerprint density at radius 2 is 2.32 bits per heavy atom. The van der Waals surface area contributed by atoms with Crippen molar-refractivity contribution in [3.8, 4) is 0 Å². The van der Waals surface area contributed by atoms with Gasteiger partial charge in [0.05, 0.1) is 22.9 Å². The van der Waals surface area contributed by atoms with E-state index in [1.165, 1.54) is 0 Å². The Morgan fingerprint density at radius 3 is 2.95 bits per heavy atom. The molecule has 0 aliphatic carbocycles. The molecule has 3 N–H and O–H groups in total. The molecule has 0 aliphatic rings. The van der Waals surface area contributed by atoms with Crippen molar-refractivity contribution in [2.45, 2.75) is 6.92 Å². The van der Waals surface area contributed by atoms with Crippen LogP contribution < -0.4 is 11.1 Å². The van der Waals surface area contributed by atoms with Crippen LogP contribution in [0.25, 0.3) is 0 Å². The topological polar surface area (TPSA) is 64.3 Å². The van der Waals surface area contributed by atoms with Crippen LogP contribution in [0.5, 0.6) is 0 Å². The molecule has 0 amide bonds. The van der Waals surface area contributed by atoms with Crippen molar-refractivity contribution in [1.82, 2.24) is 0 Å². The zero-order chi connectivity index (χ0) is 13.8. The molecule has 6 heteroatoms. The van der Waals surface area contributed by atoms with E-state index >= 15 is 0 Å². The predicted octanol–water partition coefficient (Wildman–Crippen LogP) is 3.90. The Hall–Kier alpha value is -1.72. The number of carbonyl (C=O) groups excluding carboxylic acids is 1. The summed E-state index contributed by atoms with van der Waals surface area (Å²) in [6, 6.07) is 5.05. The smallest absolute Gasteiger partial charge is 0.340 e. The van der Waals surface area contributed by atoms with Gasteiger partial charge in [-0.3, -0.25) is 0 Å². The third-order valence-corrected chi connectivity index (χ3v) is 3.38. The molecule has 1 aromatic heterocycles. The fourth-order valence-electron chi connectivity index (χ4n) is 1.60. The minimum atomic E-state index is -0.450. The summed E-state index contributed by atoms with van der Waals surface area (Å²) in [7, 11) is 0. The minimum absolute atomic E-state index is 0.295. The molecule has 4 nitrogen and oxygen atoms in total. The van der Waals surface area contributed by atoms with E-state index in [4.69, 9.17) is 22.1 Å². The summed E-state index contributed by atoms with van der Waals surface area (Å²) in [5.41, 5.74) is 7.84. The van der Waals surface area contributed by atoms with E-state index in [2.05, 4.69) is 5.32 Å². The molecule has 1 aromatic carbocycles. The number of ether oxygens (including phenoxy) is 1.